The van der Waals surface area contributed by atoms with E-state index in [9.17, 15) is 18.0 Å². The van der Waals surface area contributed by atoms with E-state index in [0.717, 1.165) is 11.6 Å². The molecule has 0 bridgehead atoms. The van der Waals surface area contributed by atoms with E-state index >= 15 is 0 Å². The van der Waals surface area contributed by atoms with Crippen LogP contribution in [0.25, 0.3) is 28.3 Å². The summed E-state index contributed by atoms with van der Waals surface area (Å²) in [5.41, 5.74) is 1.66. The van der Waals surface area contributed by atoms with E-state index in [0.29, 0.717) is 28.3 Å². The molecule has 9 heteroatoms. The minimum Gasteiger partial charge on any atom is -0.325 e. The van der Waals surface area contributed by atoms with Gasteiger partial charge < -0.3 is 5.32 Å². The van der Waals surface area contributed by atoms with Crippen LogP contribution in [0.4, 0.5) is 18.9 Å². The van der Waals surface area contributed by atoms with Gasteiger partial charge in [0.2, 0.25) is 5.91 Å². The Morgan fingerprint density at radius 1 is 0.970 bits per heavy atom. The minimum absolute atomic E-state index is 0.311. The molecule has 1 aromatic carbocycles. The van der Waals surface area contributed by atoms with Gasteiger partial charge in [0.25, 0.3) is 0 Å². The quantitative estimate of drug-likeness (QED) is 0.427. The molecule has 0 radical (unpaired) electrons. The van der Waals surface area contributed by atoms with Crippen LogP contribution in [0.5, 0.6) is 0 Å². The summed E-state index contributed by atoms with van der Waals surface area (Å²) in [7, 11) is 0. The third-order valence-corrected chi connectivity index (χ3v) is 5.04. The number of halogens is 3. The molecule has 33 heavy (non-hydrogen) atoms. The molecule has 4 aromatic rings. The molecule has 3 aromatic heterocycles. The highest BCUT2D eigenvalue weighted by Crippen LogP contribution is 2.37. The number of benzene rings is 1. The Kier molecular flexibility index (Phi) is 5.43. The van der Waals surface area contributed by atoms with Crippen molar-refractivity contribution < 1.29 is 18.0 Å². The SMILES string of the molecule is Cc1ccc(-c2ccc3nc(-c4ccc(C(F)(F)F)c(NC(=O)C(C)(C)C)c4)cn3n2)nc1. The Hall–Kier alpha value is -3.75. The summed E-state index contributed by atoms with van der Waals surface area (Å²) in [5, 5.41) is 6.94. The number of nitrogens with one attached hydrogen (secondary N) is 1. The van der Waals surface area contributed by atoms with Crippen LogP contribution in [0.1, 0.15) is 31.9 Å². The summed E-state index contributed by atoms with van der Waals surface area (Å²) < 4.78 is 42.2. The normalized spacial score (nSPS) is 12.2. The number of pyridine rings is 1. The van der Waals surface area contributed by atoms with Gasteiger partial charge in [-0.2, -0.15) is 18.3 Å². The Balaban J connectivity index is 1.74. The average Bonchev–Trinajstić information content (AvgIpc) is 3.16. The van der Waals surface area contributed by atoms with Crippen LogP contribution in [0, 0.1) is 12.3 Å². The van der Waals surface area contributed by atoms with Gasteiger partial charge in [0.15, 0.2) is 5.65 Å². The van der Waals surface area contributed by atoms with Crippen LogP contribution in [-0.4, -0.2) is 25.5 Å². The molecule has 6 nitrogen and oxygen atoms in total. The number of aromatic nitrogens is 4. The van der Waals surface area contributed by atoms with E-state index < -0.39 is 23.1 Å². The van der Waals surface area contributed by atoms with Gasteiger partial charge in [0.1, 0.15) is 5.69 Å². The molecule has 1 N–H and O–H groups in total. The second-order valence-electron chi connectivity index (χ2n) is 8.83. The third-order valence-electron chi connectivity index (χ3n) is 5.04. The molecule has 0 saturated heterocycles. The van der Waals surface area contributed by atoms with Gasteiger partial charge in [-0.15, -0.1) is 0 Å². The highest BCUT2D eigenvalue weighted by atomic mass is 19.4. The molecule has 4 rings (SSSR count). The van der Waals surface area contributed by atoms with Crippen molar-refractivity contribution >= 4 is 17.2 Å². The molecule has 0 fully saturated rings. The fraction of sp³-hybridized carbons (Fsp3) is 0.250. The van der Waals surface area contributed by atoms with Crippen LogP contribution >= 0.6 is 0 Å². The lowest BCUT2D eigenvalue weighted by Gasteiger charge is -2.20. The van der Waals surface area contributed by atoms with Crippen molar-refractivity contribution in [2.24, 2.45) is 5.41 Å². The number of hydrogen-bond acceptors (Lipinski definition) is 4. The summed E-state index contributed by atoms with van der Waals surface area (Å²) in [6.45, 7) is 6.84. The first-order valence-corrected chi connectivity index (χ1v) is 10.2. The molecule has 0 unspecified atom stereocenters. The number of rotatable bonds is 3. The molecular weight excluding hydrogens is 431 g/mol. The summed E-state index contributed by atoms with van der Waals surface area (Å²) in [6.07, 6.45) is -1.24. The largest absolute Gasteiger partial charge is 0.418 e. The Morgan fingerprint density at radius 3 is 2.33 bits per heavy atom. The number of aryl methyl sites for hydroxylation is 1. The molecule has 0 saturated carbocycles. The molecule has 1 amide bonds. The lowest BCUT2D eigenvalue weighted by atomic mass is 9.95. The molecule has 0 atom stereocenters. The molecule has 0 spiro atoms. The summed E-state index contributed by atoms with van der Waals surface area (Å²) in [6, 6.07) is 10.9. The summed E-state index contributed by atoms with van der Waals surface area (Å²) >= 11 is 0. The first-order valence-electron chi connectivity index (χ1n) is 10.2. The summed E-state index contributed by atoms with van der Waals surface area (Å²) in [5.74, 6) is -0.517. The fourth-order valence-electron chi connectivity index (χ4n) is 3.14. The first kappa shape index (κ1) is 22.4. The van der Waals surface area contributed by atoms with Gasteiger partial charge in [0.05, 0.1) is 28.8 Å². The Bertz CT molecular complexity index is 1340. The number of imidazole rings is 1. The number of fused-ring (bicyclic) bond motifs is 1. The molecular formula is C24H22F3N5O. The van der Waals surface area contributed by atoms with Crippen molar-refractivity contribution in [3.8, 4) is 22.6 Å². The van der Waals surface area contributed by atoms with Gasteiger partial charge in [-0.3, -0.25) is 9.78 Å². The number of carbonyl (C=O) groups excluding carboxylic acids is 1. The lowest BCUT2D eigenvalue weighted by Crippen LogP contribution is -2.28. The zero-order valence-electron chi connectivity index (χ0n) is 18.5. The zero-order chi connectivity index (χ0) is 24.0. The van der Waals surface area contributed by atoms with E-state index in [4.69, 9.17) is 0 Å². The van der Waals surface area contributed by atoms with Crippen LogP contribution in [-0.2, 0) is 11.0 Å². The molecule has 0 aliphatic heterocycles. The van der Waals surface area contributed by atoms with Crippen molar-refractivity contribution in [3.05, 3.63) is 66.0 Å². The maximum Gasteiger partial charge on any atom is 0.418 e. The maximum absolute atomic E-state index is 13.5. The van der Waals surface area contributed by atoms with E-state index in [1.54, 1.807) is 49.8 Å². The summed E-state index contributed by atoms with van der Waals surface area (Å²) in [4.78, 5) is 21.2. The smallest absolute Gasteiger partial charge is 0.325 e. The van der Waals surface area contributed by atoms with Crippen molar-refractivity contribution in [2.75, 3.05) is 5.32 Å². The van der Waals surface area contributed by atoms with Gasteiger partial charge in [-0.1, -0.05) is 32.9 Å². The monoisotopic (exact) mass is 453 g/mol. The highest BCUT2D eigenvalue weighted by molar-refractivity contribution is 5.96. The molecule has 0 aliphatic carbocycles. The fourth-order valence-corrected chi connectivity index (χ4v) is 3.14. The van der Waals surface area contributed by atoms with Crippen LogP contribution in [0.3, 0.4) is 0 Å². The number of carbonyl (C=O) groups is 1. The predicted molar refractivity (Wildman–Crippen MR) is 119 cm³/mol. The van der Waals surface area contributed by atoms with E-state index in [1.807, 2.05) is 19.1 Å². The number of amides is 1. The Morgan fingerprint density at radius 2 is 1.70 bits per heavy atom. The van der Waals surface area contributed by atoms with E-state index in [-0.39, 0.29) is 5.69 Å². The van der Waals surface area contributed by atoms with Crippen LogP contribution in [0.15, 0.2) is 54.9 Å². The minimum atomic E-state index is -4.62. The number of alkyl halides is 3. The highest BCUT2D eigenvalue weighted by Gasteiger charge is 2.35. The second kappa shape index (κ2) is 7.99. The molecule has 170 valence electrons. The van der Waals surface area contributed by atoms with Crippen molar-refractivity contribution in [3.63, 3.8) is 0 Å². The second-order valence-corrected chi connectivity index (χ2v) is 8.83. The zero-order valence-corrected chi connectivity index (χ0v) is 18.5. The van der Waals surface area contributed by atoms with Gasteiger partial charge in [0, 0.05) is 17.2 Å². The van der Waals surface area contributed by atoms with Crippen LogP contribution < -0.4 is 5.32 Å². The average molecular weight is 453 g/mol. The predicted octanol–water partition coefficient (Wildman–Crippen LogP) is 5.77. The number of anilines is 1. The number of nitrogens with zero attached hydrogens (tertiary/aromatic N) is 4. The maximum atomic E-state index is 13.5. The third kappa shape index (κ3) is 4.72. The first-order chi connectivity index (χ1) is 15.4. The van der Waals surface area contributed by atoms with Gasteiger partial charge in [-0.25, -0.2) is 9.50 Å². The van der Waals surface area contributed by atoms with Crippen LogP contribution in [0.2, 0.25) is 0 Å². The molecule has 0 aliphatic rings. The van der Waals surface area contributed by atoms with Crippen molar-refractivity contribution in [1.82, 2.24) is 19.6 Å². The molecule has 3 heterocycles. The van der Waals surface area contributed by atoms with Crippen molar-refractivity contribution in [2.45, 2.75) is 33.9 Å². The van der Waals surface area contributed by atoms with E-state index in [1.165, 1.54) is 12.1 Å². The lowest BCUT2D eigenvalue weighted by molar-refractivity contribution is -0.137. The number of hydrogen-bond donors (Lipinski definition) is 1. The Labute approximate surface area is 188 Å². The van der Waals surface area contributed by atoms with E-state index in [2.05, 4.69) is 20.4 Å². The standard InChI is InChI=1S/C24H22F3N5O/c1-14-5-8-17(28-12-14)18-9-10-21-29-20(13-32(21)31-18)15-6-7-16(24(25,26)27)19(11-15)30-22(33)23(2,3)4/h5-13H,1-4H3,(H,30,33). The topological polar surface area (TPSA) is 72.2 Å². The van der Waals surface area contributed by atoms with Crippen molar-refractivity contribution in [1.29, 1.82) is 0 Å². The van der Waals surface area contributed by atoms with Gasteiger partial charge in [-0.05, 0) is 42.8 Å². The van der Waals surface area contributed by atoms with Gasteiger partial charge >= 0.3 is 6.18 Å².